The predicted molar refractivity (Wildman–Crippen MR) is 115 cm³/mol. The molecule has 2 aromatic rings. The number of nitrogens with one attached hydrogen (secondary N) is 2. The average molecular weight is 432 g/mol. The van der Waals surface area contributed by atoms with Crippen molar-refractivity contribution in [3.05, 3.63) is 41.2 Å². The van der Waals surface area contributed by atoms with Crippen LogP contribution in [0.5, 0.6) is 0 Å². The van der Waals surface area contributed by atoms with Gasteiger partial charge >= 0.3 is 0 Å². The Bertz CT molecular complexity index is 1060. The van der Waals surface area contributed by atoms with Crippen LogP contribution in [0.1, 0.15) is 50.6 Å². The first-order valence-electron chi connectivity index (χ1n) is 9.76. The smallest absolute Gasteiger partial charge is 0.241 e. The molecule has 1 amide bonds. The van der Waals surface area contributed by atoms with Crippen molar-refractivity contribution in [3.8, 4) is 6.07 Å². The van der Waals surface area contributed by atoms with Gasteiger partial charge in [0, 0.05) is 23.3 Å². The summed E-state index contributed by atoms with van der Waals surface area (Å²) >= 11 is 0. The first-order chi connectivity index (χ1) is 13.9. The van der Waals surface area contributed by atoms with Gasteiger partial charge < -0.3 is 5.32 Å². The van der Waals surface area contributed by atoms with E-state index in [1.807, 2.05) is 13.8 Å². The molecule has 0 spiro atoms. The second-order valence-corrected chi connectivity index (χ2v) is 9.89. The summed E-state index contributed by atoms with van der Waals surface area (Å²) in [4.78, 5) is 12.5. The van der Waals surface area contributed by atoms with Gasteiger partial charge in [0.05, 0.1) is 29.6 Å². The summed E-state index contributed by atoms with van der Waals surface area (Å²) in [6.45, 7) is 9.65. The van der Waals surface area contributed by atoms with Crippen molar-refractivity contribution in [1.82, 2.24) is 14.5 Å². The molecule has 0 fully saturated rings. The number of aromatic nitrogens is 2. The summed E-state index contributed by atoms with van der Waals surface area (Å²) in [7, 11) is -3.68. The number of nitriles is 1. The van der Waals surface area contributed by atoms with Crippen LogP contribution in [0.25, 0.3) is 0 Å². The molecule has 0 saturated carbocycles. The zero-order chi connectivity index (χ0) is 22.5. The van der Waals surface area contributed by atoms with Crippen molar-refractivity contribution in [2.24, 2.45) is 0 Å². The summed E-state index contributed by atoms with van der Waals surface area (Å²) < 4.78 is 29.4. The zero-order valence-corrected chi connectivity index (χ0v) is 18.9. The lowest BCUT2D eigenvalue weighted by molar-refractivity contribution is -0.116. The molecule has 30 heavy (non-hydrogen) atoms. The van der Waals surface area contributed by atoms with Crippen LogP contribution < -0.4 is 10.0 Å². The molecular formula is C21H29N5O3S. The van der Waals surface area contributed by atoms with Gasteiger partial charge in [0.15, 0.2) is 0 Å². The summed E-state index contributed by atoms with van der Waals surface area (Å²) in [5.41, 5.74) is 2.62. The highest BCUT2D eigenvalue weighted by atomic mass is 32.2. The molecular weight excluding hydrogens is 402 g/mol. The molecule has 0 unspecified atom stereocenters. The molecule has 0 aliphatic heterocycles. The lowest BCUT2D eigenvalue weighted by atomic mass is 10.1. The molecule has 1 aromatic carbocycles. The minimum absolute atomic E-state index is 0.0979. The van der Waals surface area contributed by atoms with E-state index in [4.69, 9.17) is 5.26 Å². The molecule has 0 saturated heterocycles. The molecule has 162 valence electrons. The fourth-order valence-corrected chi connectivity index (χ4v) is 4.60. The molecule has 0 atom stereocenters. The Hall–Kier alpha value is -2.70. The number of amides is 1. The number of aryl methyl sites for hydroxylation is 2. The predicted octanol–water partition coefficient (Wildman–Crippen LogP) is 3.06. The van der Waals surface area contributed by atoms with Crippen molar-refractivity contribution in [3.63, 3.8) is 0 Å². The Morgan fingerprint density at radius 3 is 2.60 bits per heavy atom. The Morgan fingerprint density at radius 1 is 1.27 bits per heavy atom. The minimum Gasteiger partial charge on any atom is -0.326 e. The monoisotopic (exact) mass is 431 g/mol. The van der Waals surface area contributed by atoms with E-state index in [0.29, 0.717) is 25.1 Å². The topological polar surface area (TPSA) is 117 Å². The van der Waals surface area contributed by atoms with Crippen molar-refractivity contribution in [2.75, 3.05) is 5.32 Å². The first-order valence-corrected chi connectivity index (χ1v) is 11.2. The van der Waals surface area contributed by atoms with Gasteiger partial charge in [0.1, 0.15) is 0 Å². The number of hydrogen-bond acceptors (Lipinski definition) is 5. The van der Waals surface area contributed by atoms with E-state index in [0.717, 1.165) is 17.0 Å². The molecule has 0 bridgehead atoms. The van der Waals surface area contributed by atoms with Crippen molar-refractivity contribution in [2.45, 2.75) is 70.9 Å². The van der Waals surface area contributed by atoms with Gasteiger partial charge in [-0.05, 0) is 64.8 Å². The maximum atomic E-state index is 12.5. The second-order valence-electron chi connectivity index (χ2n) is 8.21. The number of hydrogen-bond donors (Lipinski definition) is 2. The zero-order valence-electron chi connectivity index (χ0n) is 18.1. The fraction of sp³-hybridized carbons (Fsp3) is 0.476. The highest BCUT2D eigenvalue weighted by Crippen LogP contribution is 2.19. The van der Waals surface area contributed by atoms with E-state index in [9.17, 15) is 13.2 Å². The third-order valence-electron chi connectivity index (χ3n) is 4.44. The molecule has 8 nitrogen and oxygen atoms in total. The van der Waals surface area contributed by atoms with E-state index in [2.05, 4.69) is 21.2 Å². The van der Waals surface area contributed by atoms with E-state index in [1.54, 1.807) is 37.6 Å². The van der Waals surface area contributed by atoms with Gasteiger partial charge in [-0.15, -0.1) is 0 Å². The van der Waals surface area contributed by atoms with Crippen molar-refractivity contribution < 1.29 is 13.2 Å². The number of benzene rings is 1. The Kier molecular flexibility index (Phi) is 7.39. The molecule has 1 heterocycles. The molecule has 2 rings (SSSR count). The highest BCUT2D eigenvalue weighted by molar-refractivity contribution is 7.89. The lowest BCUT2D eigenvalue weighted by Crippen LogP contribution is -2.40. The largest absolute Gasteiger partial charge is 0.326 e. The van der Waals surface area contributed by atoms with Crippen LogP contribution in [0, 0.1) is 25.2 Å². The van der Waals surface area contributed by atoms with Gasteiger partial charge in [-0.1, -0.05) is 6.07 Å². The lowest BCUT2D eigenvalue weighted by Gasteiger charge is -2.20. The number of anilines is 1. The maximum Gasteiger partial charge on any atom is 0.241 e. The number of sulfonamides is 1. The SMILES string of the molecule is Cc1nn(CCC#N)c(C)c1CCC(=O)Nc1cccc(S(=O)(=O)NC(C)(C)C)c1. The molecule has 0 radical (unpaired) electrons. The van der Waals surface area contributed by atoms with Crippen molar-refractivity contribution in [1.29, 1.82) is 5.26 Å². The third-order valence-corrected chi connectivity index (χ3v) is 6.19. The Labute approximate surface area is 178 Å². The molecule has 1 aromatic heterocycles. The van der Waals surface area contributed by atoms with Crippen LogP contribution in [-0.4, -0.2) is 29.6 Å². The number of nitrogens with zero attached hydrogens (tertiary/aromatic N) is 3. The summed E-state index contributed by atoms with van der Waals surface area (Å²) in [6, 6.07) is 8.30. The standard InChI is InChI=1S/C21H29N5O3S/c1-15-19(16(2)26(24-15)13-7-12-22)10-11-20(27)23-17-8-6-9-18(14-17)30(28,29)25-21(3,4)5/h6,8-9,14,25H,7,10-11,13H2,1-5H3,(H,23,27). The van der Waals surface area contributed by atoms with Gasteiger partial charge in [0.25, 0.3) is 0 Å². The normalized spacial score (nSPS) is 11.9. The number of rotatable bonds is 8. The van der Waals surface area contributed by atoms with Crippen LogP contribution in [0.2, 0.25) is 0 Å². The van der Waals surface area contributed by atoms with Gasteiger partial charge in [-0.25, -0.2) is 13.1 Å². The third kappa shape index (κ3) is 6.40. The van der Waals surface area contributed by atoms with Crippen LogP contribution in [-0.2, 0) is 27.8 Å². The van der Waals surface area contributed by atoms with Crippen LogP contribution >= 0.6 is 0 Å². The fourth-order valence-electron chi connectivity index (χ4n) is 3.13. The second kappa shape index (κ2) is 9.41. The van der Waals surface area contributed by atoms with E-state index in [1.165, 1.54) is 12.1 Å². The molecule has 2 N–H and O–H groups in total. The number of carbonyl (C=O) groups is 1. The van der Waals surface area contributed by atoms with Crippen LogP contribution in [0.3, 0.4) is 0 Å². The van der Waals surface area contributed by atoms with Crippen LogP contribution in [0.15, 0.2) is 29.2 Å². The first kappa shape index (κ1) is 23.6. The summed E-state index contributed by atoms with van der Waals surface area (Å²) in [5.74, 6) is -0.211. The van der Waals surface area contributed by atoms with E-state index < -0.39 is 15.6 Å². The number of carbonyl (C=O) groups excluding carboxylic acids is 1. The van der Waals surface area contributed by atoms with Crippen molar-refractivity contribution >= 4 is 21.6 Å². The Morgan fingerprint density at radius 2 is 1.97 bits per heavy atom. The molecule has 9 heteroatoms. The van der Waals surface area contributed by atoms with Crippen LogP contribution in [0.4, 0.5) is 5.69 Å². The average Bonchev–Trinajstić information content (AvgIpc) is 2.89. The van der Waals surface area contributed by atoms with E-state index >= 15 is 0 Å². The molecule has 0 aliphatic rings. The Balaban J connectivity index is 2.05. The van der Waals surface area contributed by atoms with E-state index in [-0.39, 0.29) is 17.2 Å². The highest BCUT2D eigenvalue weighted by Gasteiger charge is 2.22. The van der Waals surface area contributed by atoms with Gasteiger partial charge in [-0.3, -0.25) is 9.48 Å². The maximum absolute atomic E-state index is 12.5. The summed E-state index contributed by atoms with van der Waals surface area (Å²) in [6.07, 6.45) is 1.13. The van der Waals surface area contributed by atoms with Gasteiger partial charge in [-0.2, -0.15) is 10.4 Å². The minimum atomic E-state index is -3.68. The summed E-state index contributed by atoms with van der Waals surface area (Å²) in [5, 5.41) is 16.0. The van der Waals surface area contributed by atoms with Gasteiger partial charge in [0.2, 0.25) is 15.9 Å². The molecule has 0 aliphatic carbocycles. The quantitative estimate of drug-likeness (QED) is 0.666.